The Morgan fingerprint density at radius 1 is 1.55 bits per heavy atom. The van der Waals surface area contributed by atoms with Gasteiger partial charge in [0, 0.05) is 23.9 Å². The lowest BCUT2D eigenvalue weighted by atomic mass is 10.2. The highest BCUT2D eigenvalue weighted by molar-refractivity contribution is 7.98. The third-order valence-electron chi connectivity index (χ3n) is 3.09. The highest BCUT2D eigenvalue weighted by atomic mass is 32.2. The number of nitrogens with zero attached hydrogens (tertiary/aromatic N) is 1. The summed E-state index contributed by atoms with van der Waals surface area (Å²) < 4.78 is 5.52. The molecule has 116 valence electrons. The van der Waals surface area contributed by atoms with Gasteiger partial charge in [-0.05, 0) is 32.3 Å². The van der Waals surface area contributed by atoms with Gasteiger partial charge in [0.25, 0.3) is 0 Å². The lowest BCUT2D eigenvalue weighted by molar-refractivity contribution is 0.0373. The van der Waals surface area contributed by atoms with E-state index in [1.807, 2.05) is 24.2 Å². The Hall–Kier alpha value is -0.140. The molecule has 2 unspecified atom stereocenters. The Morgan fingerprint density at radius 2 is 2.35 bits per heavy atom. The van der Waals surface area contributed by atoms with Crippen molar-refractivity contribution in [2.45, 2.75) is 38.8 Å². The van der Waals surface area contributed by atoms with Crippen LogP contribution < -0.4 is 5.32 Å². The van der Waals surface area contributed by atoms with Crippen LogP contribution in [0.15, 0.2) is 5.51 Å². The first-order chi connectivity index (χ1) is 9.63. The molecule has 0 amide bonds. The molecule has 0 aliphatic carbocycles. The molecule has 0 aromatic carbocycles. The number of hydrogen-bond donors (Lipinski definition) is 2. The summed E-state index contributed by atoms with van der Waals surface area (Å²) in [5, 5.41) is 13.2. The molecule has 2 N–H and O–H groups in total. The van der Waals surface area contributed by atoms with Gasteiger partial charge >= 0.3 is 0 Å². The zero-order valence-electron chi connectivity index (χ0n) is 12.6. The largest absolute Gasteiger partial charge is 0.389 e. The molecule has 4 nitrogen and oxygen atoms in total. The average Bonchev–Trinajstić information content (AvgIpc) is 2.84. The van der Waals surface area contributed by atoms with Gasteiger partial charge in [-0.2, -0.15) is 11.8 Å². The van der Waals surface area contributed by atoms with E-state index >= 15 is 0 Å². The molecule has 0 bridgehead atoms. The maximum Gasteiger partial charge on any atom is 0.0897 e. The molecule has 20 heavy (non-hydrogen) atoms. The van der Waals surface area contributed by atoms with Crippen molar-refractivity contribution < 1.29 is 9.84 Å². The van der Waals surface area contributed by atoms with Crippen molar-refractivity contribution in [1.29, 1.82) is 0 Å². The highest BCUT2D eigenvalue weighted by Crippen LogP contribution is 2.12. The number of thiazole rings is 1. The van der Waals surface area contributed by atoms with E-state index in [-0.39, 0.29) is 0 Å². The lowest BCUT2D eigenvalue weighted by Crippen LogP contribution is -2.36. The second kappa shape index (κ2) is 10.6. The van der Waals surface area contributed by atoms with Crippen LogP contribution in [0.1, 0.15) is 23.9 Å². The number of thioether (sulfide) groups is 1. The van der Waals surface area contributed by atoms with E-state index in [1.165, 1.54) is 4.88 Å². The molecule has 0 fully saturated rings. The SMILES string of the molecule is CSCCC(C)NCC(O)COCCc1scnc1C. The first-order valence-corrected chi connectivity index (χ1v) is 9.28. The molecule has 1 heterocycles. The molecule has 1 rings (SSSR count). The van der Waals surface area contributed by atoms with Crippen LogP contribution in [0.3, 0.4) is 0 Å². The fraction of sp³-hybridized carbons (Fsp3) is 0.786. The zero-order valence-corrected chi connectivity index (χ0v) is 14.2. The smallest absolute Gasteiger partial charge is 0.0897 e. The molecule has 0 aliphatic heterocycles. The number of aromatic nitrogens is 1. The van der Waals surface area contributed by atoms with E-state index in [0.29, 0.717) is 25.8 Å². The van der Waals surface area contributed by atoms with Crippen molar-refractivity contribution in [2.24, 2.45) is 0 Å². The average molecular weight is 319 g/mol. The van der Waals surface area contributed by atoms with Crippen molar-refractivity contribution in [3.63, 3.8) is 0 Å². The fourth-order valence-corrected chi connectivity index (χ4v) is 3.09. The Bertz CT molecular complexity index is 361. The van der Waals surface area contributed by atoms with Gasteiger partial charge in [0.15, 0.2) is 0 Å². The number of aliphatic hydroxyl groups excluding tert-OH is 1. The fourth-order valence-electron chi connectivity index (χ4n) is 1.74. The Balaban J connectivity index is 2.02. The van der Waals surface area contributed by atoms with Crippen molar-refractivity contribution in [3.8, 4) is 0 Å². The monoisotopic (exact) mass is 318 g/mol. The Kier molecular flexibility index (Phi) is 9.46. The van der Waals surface area contributed by atoms with E-state index in [9.17, 15) is 5.11 Å². The standard InChI is InChI=1S/C14H26N2O2S2/c1-11(5-7-19-3)15-8-13(17)9-18-6-4-14-12(2)16-10-20-14/h10-11,13,15,17H,4-9H2,1-3H3. The second-order valence-electron chi connectivity index (χ2n) is 4.93. The van der Waals surface area contributed by atoms with Gasteiger partial charge in [-0.15, -0.1) is 11.3 Å². The Labute approximate surface area is 130 Å². The quantitative estimate of drug-likeness (QED) is 0.612. The third kappa shape index (κ3) is 7.59. The van der Waals surface area contributed by atoms with Crippen LogP contribution in [0.4, 0.5) is 0 Å². The number of aryl methyl sites for hydroxylation is 1. The maximum absolute atomic E-state index is 9.83. The highest BCUT2D eigenvalue weighted by Gasteiger charge is 2.08. The van der Waals surface area contributed by atoms with Gasteiger partial charge in [0.05, 0.1) is 30.5 Å². The topological polar surface area (TPSA) is 54.4 Å². The van der Waals surface area contributed by atoms with E-state index in [4.69, 9.17) is 4.74 Å². The van der Waals surface area contributed by atoms with E-state index in [1.54, 1.807) is 11.3 Å². The summed E-state index contributed by atoms with van der Waals surface area (Å²) in [6.45, 7) is 5.79. The van der Waals surface area contributed by atoms with Crippen LogP contribution in [0, 0.1) is 6.92 Å². The molecule has 0 radical (unpaired) electrons. The van der Waals surface area contributed by atoms with E-state index < -0.39 is 6.10 Å². The molecule has 2 atom stereocenters. The van der Waals surface area contributed by atoms with E-state index in [2.05, 4.69) is 23.5 Å². The van der Waals surface area contributed by atoms with Crippen molar-refractivity contribution in [3.05, 3.63) is 16.1 Å². The number of ether oxygens (including phenoxy) is 1. The molecule has 1 aromatic rings. The lowest BCUT2D eigenvalue weighted by Gasteiger charge is -2.16. The van der Waals surface area contributed by atoms with Crippen LogP contribution in [0.25, 0.3) is 0 Å². The summed E-state index contributed by atoms with van der Waals surface area (Å²) in [5.74, 6) is 1.15. The first kappa shape index (κ1) is 17.9. The first-order valence-electron chi connectivity index (χ1n) is 7.00. The molecule has 1 aromatic heterocycles. The van der Waals surface area contributed by atoms with Crippen LogP contribution in [-0.4, -0.2) is 54.0 Å². The van der Waals surface area contributed by atoms with Gasteiger partial charge in [-0.25, -0.2) is 4.98 Å². The minimum absolute atomic E-state index is 0.389. The third-order valence-corrected chi connectivity index (χ3v) is 4.72. The number of hydrogen-bond acceptors (Lipinski definition) is 6. The second-order valence-corrected chi connectivity index (χ2v) is 6.86. The van der Waals surface area contributed by atoms with Gasteiger partial charge in [-0.1, -0.05) is 0 Å². The summed E-state index contributed by atoms with van der Waals surface area (Å²) in [4.78, 5) is 5.47. The van der Waals surface area contributed by atoms with E-state index in [0.717, 1.165) is 24.3 Å². The number of rotatable bonds is 11. The molecule has 0 saturated heterocycles. The van der Waals surface area contributed by atoms with Gasteiger partial charge in [-0.3, -0.25) is 0 Å². The van der Waals surface area contributed by atoms with Crippen LogP contribution in [0.2, 0.25) is 0 Å². The van der Waals surface area contributed by atoms with Crippen LogP contribution in [-0.2, 0) is 11.2 Å². The van der Waals surface area contributed by atoms with Crippen molar-refractivity contribution in [2.75, 3.05) is 31.8 Å². The van der Waals surface area contributed by atoms with Gasteiger partial charge in [0.1, 0.15) is 0 Å². The van der Waals surface area contributed by atoms with Crippen LogP contribution in [0.5, 0.6) is 0 Å². The predicted molar refractivity (Wildman–Crippen MR) is 87.8 cm³/mol. The number of nitrogens with one attached hydrogen (secondary N) is 1. The van der Waals surface area contributed by atoms with Crippen molar-refractivity contribution >= 4 is 23.1 Å². The summed E-state index contributed by atoms with van der Waals surface area (Å²) in [7, 11) is 0. The molecule has 0 saturated carbocycles. The minimum atomic E-state index is -0.436. The van der Waals surface area contributed by atoms with Crippen molar-refractivity contribution in [1.82, 2.24) is 10.3 Å². The summed E-state index contributed by atoms with van der Waals surface area (Å²) in [5.41, 5.74) is 2.95. The molecule has 0 spiro atoms. The predicted octanol–water partition coefficient (Wildman–Crippen LogP) is 2.10. The summed E-state index contributed by atoms with van der Waals surface area (Å²) >= 11 is 3.51. The summed E-state index contributed by atoms with van der Waals surface area (Å²) in [6.07, 6.45) is 3.68. The molecule has 6 heteroatoms. The minimum Gasteiger partial charge on any atom is -0.389 e. The zero-order chi connectivity index (χ0) is 14.8. The van der Waals surface area contributed by atoms with Gasteiger partial charge in [0.2, 0.25) is 0 Å². The normalized spacial score (nSPS) is 14.4. The molecular weight excluding hydrogens is 292 g/mol. The van der Waals surface area contributed by atoms with Crippen LogP contribution >= 0.6 is 23.1 Å². The Morgan fingerprint density at radius 3 is 3.00 bits per heavy atom. The maximum atomic E-state index is 9.83. The molecular formula is C14H26N2O2S2. The number of aliphatic hydroxyl groups is 1. The van der Waals surface area contributed by atoms with Gasteiger partial charge < -0.3 is 15.2 Å². The summed E-state index contributed by atoms with van der Waals surface area (Å²) in [6, 6.07) is 0.442. The molecule has 0 aliphatic rings.